The molecule has 2 rings (SSSR count). The summed E-state index contributed by atoms with van der Waals surface area (Å²) in [6, 6.07) is 9.41. The minimum absolute atomic E-state index is 0.117. The van der Waals surface area contributed by atoms with Crippen molar-refractivity contribution in [2.45, 2.75) is 13.5 Å². The van der Waals surface area contributed by atoms with Gasteiger partial charge in [0.1, 0.15) is 11.4 Å². The molecule has 2 N–H and O–H groups in total. The highest BCUT2D eigenvalue weighted by atomic mass is 79.9. The van der Waals surface area contributed by atoms with E-state index in [9.17, 15) is 20.0 Å². The van der Waals surface area contributed by atoms with Crippen LogP contribution >= 0.6 is 15.9 Å². The number of anilines is 1. The Balaban J connectivity index is 2.44. The number of nitrogens with zero attached hydrogens (tertiary/aromatic N) is 2. The van der Waals surface area contributed by atoms with Gasteiger partial charge in [0, 0.05) is 41.8 Å². The molecule has 0 aliphatic rings. The second kappa shape index (κ2) is 7.98. The Labute approximate surface area is 153 Å². The summed E-state index contributed by atoms with van der Waals surface area (Å²) in [5, 5.41) is 23.9. The lowest BCUT2D eigenvalue weighted by molar-refractivity contribution is -0.384. The van der Waals surface area contributed by atoms with Gasteiger partial charge < -0.3 is 15.3 Å². The van der Waals surface area contributed by atoms with Crippen molar-refractivity contribution < 1.29 is 14.8 Å². The van der Waals surface area contributed by atoms with Crippen molar-refractivity contribution in [3.8, 4) is 5.75 Å². The number of rotatable bonds is 6. The van der Waals surface area contributed by atoms with Crippen LogP contribution in [-0.2, 0) is 6.54 Å². The summed E-state index contributed by atoms with van der Waals surface area (Å²) < 4.78 is 0.806. The zero-order chi connectivity index (χ0) is 18.6. The van der Waals surface area contributed by atoms with Crippen molar-refractivity contribution in [2.75, 3.05) is 18.5 Å². The Kier molecular flexibility index (Phi) is 5.97. The first-order chi connectivity index (χ1) is 11.9. The van der Waals surface area contributed by atoms with Gasteiger partial charge in [-0.3, -0.25) is 14.9 Å². The molecule has 0 fully saturated rings. The number of phenols is 1. The third-order valence-corrected chi connectivity index (χ3v) is 4.28. The molecule has 132 valence electrons. The molecule has 0 spiro atoms. The lowest BCUT2D eigenvalue weighted by atomic mass is 10.1. The van der Waals surface area contributed by atoms with E-state index in [0.717, 1.165) is 4.47 Å². The highest BCUT2D eigenvalue weighted by Gasteiger charge is 2.22. The highest BCUT2D eigenvalue weighted by molar-refractivity contribution is 9.10. The van der Waals surface area contributed by atoms with Gasteiger partial charge in [0.05, 0.1) is 4.92 Å². The molecule has 0 saturated carbocycles. The number of nitro benzene ring substituents is 1. The second-order valence-electron chi connectivity index (χ2n) is 5.33. The van der Waals surface area contributed by atoms with Crippen LogP contribution in [0, 0.1) is 10.1 Å². The van der Waals surface area contributed by atoms with Crippen molar-refractivity contribution >= 4 is 33.2 Å². The standard InChI is InChI=1S/C17H18BrN3O4/c1-3-20(10-12-8-13(18)5-7-16(12)22)14-6-4-11(17(23)19-2)9-15(14)21(24)25/h4-9,22H,3,10H2,1-2H3,(H,19,23). The molecular weight excluding hydrogens is 390 g/mol. The van der Waals surface area contributed by atoms with Gasteiger partial charge in [0.2, 0.25) is 0 Å². The van der Waals surface area contributed by atoms with Crippen LogP contribution in [0.1, 0.15) is 22.8 Å². The first-order valence-corrected chi connectivity index (χ1v) is 8.39. The molecule has 0 bridgehead atoms. The number of carbonyl (C=O) groups excluding carboxylic acids is 1. The number of carbonyl (C=O) groups is 1. The largest absolute Gasteiger partial charge is 0.508 e. The number of hydrogen-bond acceptors (Lipinski definition) is 5. The van der Waals surface area contributed by atoms with Crippen molar-refractivity contribution in [2.24, 2.45) is 0 Å². The Morgan fingerprint density at radius 3 is 2.64 bits per heavy atom. The number of aromatic hydroxyl groups is 1. The van der Waals surface area contributed by atoms with Crippen molar-refractivity contribution in [3.05, 3.63) is 62.1 Å². The second-order valence-corrected chi connectivity index (χ2v) is 6.24. The summed E-state index contributed by atoms with van der Waals surface area (Å²) in [7, 11) is 1.47. The zero-order valence-corrected chi connectivity index (χ0v) is 15.4. The summed E-state index contributed by atoms with van der Waals surface area (Å²) >= 11 is 3.35. The van der Waals surface area contributed by atoms with Gasteiger partial charge in [-0.2, -0.15) is 0 Å². The molecule has 2 aromatic carbocycles. The fraction of sp³-hybridized carbons (Fsp3) is 0.235. The zero-order valence-electron chi connectivity index (χ0n) is 13.8. The predicted octanol–water partition coefficient (Wildman–Crippen LogP) is 3.45. The van der Waals surface area contributed by atoms with Gasteiger partial charge in [-0.05, 0) is 37.3 Å². The van der Waals surface area contributed by atoms with E-state index in [1.807, 2.05) is 6.92 Å². The summed E-state index contributed by atoms with van der Waals surface area (Å²) in [5.74, 6) is -0.270. The SMILES string of the molecule is CCN(Cc1cc(Br)ccc1O)c1ccc(C(=O)NC)cc1[N+](=O)[O-]. The number of nitro groups is 1. The fourth-order valence-corrected chi connectivity index (χ4v) is 2.88. The number of benzene rings is 2. The van der Waals surface area contributed by atoms with E-state index in [4.69, 9.17) is 0 Å². The van der Waals surface area contributed by atoms with Gasteiger partial charge in [0.25, 0.3) is 11.6 Å². The van der Waals surface area contributed by atoms with Gasteiger partial charge in [-0.25, -0.2) is 0 Å². The van der Waals surface area contributed by atoms with E-state index in [1.165, 1.54) is 13.1 Å². The monoisotopic (exact) mass is 407 g/mol. The van der Waals surface area contributed by atoms with Crippen LogP contribution in [-0.4, -0.2) is 29.5 Å². The molecule has 25 heavy (non-hydrogen) atoms. The molecule has 0 heterocycles. The van der Waals surface area contributed by atoms with Crippen molar-refractivity contribution in [1.29, 1.82) is 0 Å². The van der Waals surface area contributed by atoms with E-state index in [-0.39, 0.29) is 22.9 Å². The van der Waals surface area contributed by atoms with E-state index in [2.05, 4.69) is 21.2 Å². The number of nitrogens with one attached hydrogen (secondary N) is 1. The van der Waals surface area contributed by atoms with Crippen LogP contribution in [0.4, 0.5) is 11.4 Å². The van der Waals surface area contributed by atoms with Crippen molar-refractivity contribution in [1.82, 2.24) is 5.32 Å². The van der Waals surface area contributed by atoms with Crippen LogP contribution in [0.2, 0.25) is 0 Å². The lowest BCUT2D eigenvalue weighted by Gasteiger charge is -2.23. The van der Waals surface area contributed by atoms with Gasteiger partial charge >= 0.3 is 0 Å². The molecule has 0 saturated heterocycles. The van der Waals surface area contributed by atoms with Crippen molar-refractivity contribution in [3.63, 3.8) is 0 Å². The van der Waals surface area contributed by atoms with E-state index < -0.39 is 4.92 Å². The minimum atomic E-state index is -0.509. The molecule has 0 aromatic heterocycles. The average molecular weight is 408 g/mol. The summed E-state index contributed by atoms with van der Waals surface area (Å²) in [4.78, 5) is 24.5. The maximum absolute atomic E-state index is 11.7. The Morgan fingerprint density at radius 2 is 2.04 bits per heavy atom. The maximum Gasteiger partial charge on any atom is 0.293 e. The lowest BCUT2D eigenvalue weighted by Crippen LogP contribution is -2.24. The van der Waals surface area contributed by atoms with Gasteiger partial charge in [-0.1, -0.05) is 15.9 Å². The summed E-state index contributed by atoms with van der Waals surface area (Å²) in [6.45, 7) is 2.65. The first kappa shape index (κ1) is 18.7. The Bertz CT molecular complexity index is 810. The first-order valence-electron chi connectivity index (χ1n) is 7.60. The quantitative estimate of drug-likeness (QED) is 0.564. The molecule has 0 atom stereocenters. The van der Waals surface area contributed by atoms with Gasteiger partial charge in [-0.15, -0.1) is 0 Å². The number of amides is 1. The van der Waals surface area contributed by atoms with Crippen LogP contribution in [0.25, 0.3) is 0 Å². The van der Waals surface area contributed by atoms with Crippen LogP contribution in [0.5, 0.6) is 5.75 Å². The third-order valence-electron chi connectivity index (χ3n) is 3.79. The molecule has 0 aliphatic heterocycles. The topological polar surface area (TPSA) is 95.7 Å². The maximum atomic E-state index is 11.7. The molecule has 0 radical (unpaired) electrons. The Hall–Kier alpha value is -2.61. The van der Waals surface area contributed by atoms with Gasteiger partial charge in [0.15, 0.2) is 0 Å². The molecule has 1 amide bonds. The van der Waals surface area contributed by atoms with E-state index in [1.54, 1.807) is 35.2 Å². The number of hydrogen-bond donors (Lipinski definition) is 2. The van der Waals surface area contributed by atoms with E-state index in [0.29, 0.717) is 24.3 Å². The highest BCUT2D eigenvalue weighted by Crippen LogP contribution is 2.32. The molecule has 0 unspecified atom stereocenters. The Morgan fingerprint density at radius 1 is 1.32 bits per heavy atom. The average Bonchev–Trinajstić information content (AvgIpc) is 2.61. The number of halogens is 1. The van der Waals surface area contributed by atoms with Crippen LogP contribution < -0.4 is 10.2 Å². The smallest absolute Gasteiger partial charge is 0.293 e. The van der Waals surface area contributed by atoms with E-state index >= 15 is 0 Å². The molecule has 7 nitrogen and oxygen atoms in total. The summed E-state index contributed by atoms with van der Waals surface area (Å²) in [5.41, 5.74) is 1.09. The van der Waals surface area contributed by atoms with Crippen LogP contribution in [0.3, 0.4) is 0 Å². The normalized spacial score (nSPS) is 10.4. The predicted molar refractivity (Wildman–Crippen MR) is 99.0 cm³/mol. The third kappa shape index (κ3) is 4.27. The molecule has 2 aromatic rings. The number of phenolic OH excluding ortho intramolecular Hbond substituents is 1. The summed E-state index contributed by atoms with van der Waals surface area (Å²) in [6.07, 6.45) is 0. The minimum Gasteiger partial charge on any atom is -0.508 e. The van der Waals surface area contributed by atoms with Crippen LogP contribution in [0.15, 0.2) is 40.9 Å². The molecule has 8 heteroatoms. The molecule has 0 aliphatic carbocycles. The fourth-order valence-electron chi connectivity index (χ4n) is 2.48. The molecular formula is C17H18BrN3O4.